The molecule has 4 nitrogen and oxygen atoms in total. The highest BCUT2D eigenvalue weighted by Gasteiger charge is 2.47. The number of nitrogens with zero attached hydrogens (tertiary/aromatic N) is 2. The van der Waals surface area contributed by atoms with E-state index in [1.54, 1.807) is 0 Å². The Bertz CT molecular complexity index is 599. The Morgan fingerprint density at radius 3 is 2.50 bits per heavy atom. The molecular weight excluding hydrogens is 296 g/mol. The van der Waals surface area contributed by atoms with Crippen LogP contribution in [0.4, 0.5) is 0 Å². The molecule has 0 bridgehead atoms. The minimum atomic E-state index is -0.0508. The van der Waals surface area contributed by atoms with E-state index < -0.39 is 0 Å². The molecule has 0 aromatic heterocycles. The molecule has 0 saturated carbocycles. The van der Waals surface area contributed by atoms with E-state index in [2.05, 4.69) is 69.2 Å². The Morgan fingerprint density at radius 2 is 1.88 bits per heavy atom. The van der Waals surface area contributed by atoms with Crippen LogP contribution in [-0.4, -0.2) is 35.0 Å². The molecule has 2 heterocycles. The smallest absolute Gasteiger partial charge is 0.0759 e. The van der Waals surface area contributed by atoms with Gasteiger partial charge in [-0.1, -0.05) is 36.8 Å². The molecule has 2 aliphatic heterocycles. The molecule has 1 fully saturated rings. The summed E-state index contributed by atoms with van der Waals surface area (Å²) in [6.45, 7) is 12.2. The van der Waals surface area contributed by atoms with E-state index in [4.69, 9.17) is 10.8 Å². The van der Waals surface area contributed by atoms with Crippen molar-refractivity contribution in [2.45, 2.75) is 65.2 Å². The molecule has 1 saturated heterocycles. The molecular formula is C20H32N4. The maximum atomic E-state index is 6.60. The predicted molar refractivity (Wildman–Crippen MR) is 101 cm³/mol. The predicted octanol–water partition coefficient (Wildman–Crippen LogP) is 3.10. The number of fused-ring (bicyclic) bond motifs is 1. The van der Waals surface area contributed by atoms with Crippen molar-refractivity contribution >= 4 is 5.71 Å². The molecule has 1 aromatic carbocycles. The lowest BCUT2D eigenvalue weighted by Crippen LogP contribution is -2.57. The van der Waals surface area contributed by atoms with Crippen LogP contribution in [0.1, 0.15) is 51.7 Å². The molecule has 0 radical (unpaired) electrons. The number of nitrogens with two attached hydrogens (primary N) is 1. The quantitative estimate of drug-likeness (QED) is 0.833. The molecule has 24 heavy (non-hydrogen) atoms. The molecule has 0 spiro atoms. The van der Waals surface area contributed by atoms with Crippen LogP contribution in [-0.2, 0) is 0 Å². The molecule has 3 rings (SSSR count). The monoisotopic (exact) mass is 328 g/mol. The summed E-state index contributed by atoms with van der Waals surface area (Å²) >= 11 is 0. The highest BCUT2D eigenvalue weighted by Crippen LogP contribution is 2.38. The van der Waals surface area contributed by atoms with Crippen molar-refractivity contribution in [2.75, 3.05) is 6.54 Å². The van der Waals surface area contributed by atoms with E-state index in [9.17, 15) is 0 Å². The van der Waals surface area contributed by atoms with Crippen molar-refractivity contribution in [3.63, 3.8) is 0 Å². The zero-order chi connectivity index (χ0) is 17.5. The summed E-state index contributed by atoms with van der Waals surface area (Å²) in [6.07, 6.45) is 2.34. The van der Waals surface area contributed by atoms with Gasteiger partial charge in [-0.3, -0.25) is 5.01 Å². The lowest BCUT2D eigenvalue weighted by Gasteiger charge is -2.43. The van der Waals surface area contributed by atoms with Gasteiger partial charge in [-0.15, -0.1) is 0 Å². The third-order valence-corrected chi connectivity index (χ3v) is 5.40. The van der Waals surface area contributed by atoms with E-state index in [1.807, 2.05) is 0 Å². The first-order valence-corrected chi connectivity index (χ1v) is 9.23. The summed E-state index contributed by atoms with van der Waals surface area (Å²) in [5.74, 6) is 0.802. The van der Waals surface area contributed by atoms with Crippen LogP contribution < -0.4 is 11.1 Å². The molecule has 3 N–H and O–H groups in total. The maximum absolute atomic E-state index is 6.60. The van der Waals surface area contributed by atoms with Crippen LogP contribution in [0.2, 0.25) is 0 Å². The fourth-order valence-electron chi connectivity index (χ4n) is 4.10. The van der Waals surface area contributed by atoms with E-state index in [-0.39, 0.29) is 17.6 Å². The first kappa shape index (κ1) is 17.4. The van der Waals surface area contributed by atoms with Gasteiger partial charge in [0.1, 0.15) is 0 Å². The van der Waals surface area contributed by atoms with Crippen molar-refractivity contribution in [3.8, 4) is 0 Å². The molecule has 0 aliphatic carbocycles. The summed E-state index contributed by atoms with van der Waals surface area (Å²) in [5.41, 5.74) is 10.2. The Labute approximate surface area is 146 Å². The van der Waals surface area contributed by atoms with Gasteiger partial charge in [-0.05, 0) is 58.6 Å². The summed E-state index contributed by atoms with van der Waals surface area (Å²) in [7, 11) is 0. The standard InChI is InChI=1S/C20H32N4/c1-13-8-10-15(11-9-13)17-16-18(24(23-17)20(3,4)5)14(2)7-6-12-22-19(16)21/h8-11,14,16,18-19,22H,6-7,12,21H2,1-5H3. The van der Waals surface area contributed by atoms with E-state index in [0.29, 0.717) is 12.0 Å². The molecule has 0 amide bonds. The van der Waals surface area contributed by atoms with Gasteiger partial charge in [-0.2, -0.15) is 5.10 Å². The molecule has 4 unspecified atom stereocenters. The van der Waals surface area contributed by atoms with E-state index >= 15 is 0 Å². The Hall–Kier alpha value is -1.39. The lowest BCUT2D eigenvalue weighted by molar-refractivity contribution is 0.0410. The second-order valence-corrected chi connectivity index (χ2v) is 8.48. The van der Waals surface area contributed by atoms with E-state index in [0.717, 1.165) is 12.3 Å². The number of hydrogen-bond donors (Lipinski definition) is 2. The highest BCUT2D eigenvalue weighted by atomic mass is 15.5. The molecule has 4 atom stereocenters. The largest absolute Gasteiger partial charge is 0.315 e. The number of rotatable bonds is 1. The molecule has 2 aliphatic rings. The van der Waals surface area contributed by atoms with Crippen LogP contribution >= 0.6 is 0 Å². The van der Waals surface area contributed by atoms with Crippen LogP contribution in [0.15, 0.2) is 29.4 Å². The first-order chi connectivity index (χ1) is 11.3. The van der Waals surface area contributed by atoms with Crippen molar-refractivity contribution in [1.82, 2.24) is 10.3 Å². The molecule has 4 heteroatoms. The first-order valence-electron chi connectivity index (χ1n) is 9.23. The SMILES string of the molecule is Cc1ccc(C2=NN(C(C)(C)C)C3C(C)CCCNC(N)C23)cc1. The van der Waals surface area contributed by atoms with Gasteiger partial charge in [0.05, 0.1) is 23.8 Å². The zero-order valence-corrected chi connectivity index (χ0v) is 15.7. The third kappa shape index (κ3) is 3.22. The zero-order valence-electron chi connectivity index (χ0n) is 15.7. The van der Waals surface area contributed by atoms with Crippen molar-refractivity contribution in [3.05, 3.63) is 35.4 Å². The van der Waals surface area contributed by atoms with Crippen molar-refractivity contribution < 1.29 is 0 Å². The van der Waals surface area contributed by atoms with Gasteiger partial charge in [0, 0.05) is 5.54 Å². The Morgan fingerprint density at radius 1 is 1.21 bits per heavy atom. The Kier molecular flexibility index (Phi) is 4.71. The van der Waals surface area contributed by atoms with Crippen molar-refractivity contribution in [2.24, 2.45) is 22.7 Å². The highest BCUT2D eigenvalue weighted by molar-refractivity contribution is 6.04. The minimum Gasteiger partial charge on any atom is -0.315 e. The summed E-state index contributed by atoms with van der Waals surface area (Å²) in [5, 5.41) is 11.0. The van der Waals surface area contributed by atoms with Crippen LogP contribution in [0.5, 0.6) is 0 Å². The normalized spacial score (nSPS) is 31.2. The number of nitrogens with one attached hydrogen (secondary N) is 1. The minimum absolute atomic E-state index is 0.0114. The Balaban J connectivity index is 2.06. The van der Waals surface area contributed by atoms with Gasteiger partial charge < -0.3 is 11.1 Å². The van der Waals surface area contributed by atoms with Crippen LogP contribution in [0.3, 0.4) is 0 Å². The summed E-state index contributed by atoms with van der Waals surface area (Å²) in [4.78, 5) is 0. The van der Waals surface area contributed by atoms with Gasteiger partial charge in [0.25, 0.3) is 0 Å². The van der Waals surface area contributed by atoms with Gasteiger partial charge in [0.2, 0.25) is 0 Å². The van der Waals surface area contributed by atoms with Gasteiger partial charge in [0.15, 0.2) is 0 Å². The molecule has 132 valence electrons. The average molecular weight is 329 g/mol. The fraction of sp³-hybridized carbons (Fsp3) is 0.650. The second-order valence-electron chi connectivity index (χ2n) is 8.48. The van der Waals surface area contributed by atoms with Crippen LogP contribution in [0.25, 0.3) is 0 Å². The lowest BCUT2D eigenvalue weighted by atomic mass is 9.78. The van der Waals surface area contributed by atoms with Gasteiger partial charge >= 0.3 is 0 Å². The number of aryl methyl sites for hydroxylation is 1. The third-order valence-electron chi connectivity index (χ3n) is 5.40. The topological polar surface area (TPSA) is 53.6 Å². The molecule has 1 aromatic rings. The maximum Gasteiger partial charge on any atom is 0.0759 e. The summed E-state index contributed by atoms with van der Waals surface area (Å²) in [6, 6.07) is 9.06. The number of benzene rings is 1. The number of hydrazone groups is 1. The van der Waals surface area contributed by atoms with Crippen LogP contribution in [0, 0.1) is 18.8 Å². The fourth-order valence-corrected chi connectivity index (χ4v) is 4.10. The number of hydrogen-bond acceptors (Lipinski definition) is 4. The van der Waals surface area contributed by atoms with E-state index in [1.165, 1.54) is 24.0 Å². The average Bonchev–Trinajstić information content (AvgIpc) is 2.91. The summed E-state index contributed by atoms with van der Waals surface area (Å²) < 4.78 is 0. The van der Waals surface area contributed by atoms with Crippen molar-refractivity contribution in [1.29, 1.82) is 0 Å². The van der Waals surface area contributed by atoms with Gasteiger partial charge in [-0.25, -0.2) is 0 Å². The second kappa shape index (κ2) is 6.49.